The fraction of sp³-hybridized carbons (Fsp3) is 0.588. The van der Waals surface area contributed by atoms with E-state index in [0.717, 1.165) is 12.1 Å². The number of azo groups is 1. The van der Waals surface area contributed by atoms with Gasteiger partial charge in [-0.15, -0.1) is 0 Å². The lowest BCUT2D eigenvalue weighted by molar-refractivity contribution is -0.143. The SMILES string of the molecule is CCN=NCC1CCCC(c2cc(C(F)(F)F)cc(C(F)(F)F)c2)C=N1. The topological polar surface area (TPSA) is 37.1 Å². The predicted octanol–water partition coefficient (Wildman–Crippen LogP) is 5.90. The summed E-state index contributed by atoms with van der Waals surface area (Å²) >= 11 is 0. The van der Waals surface area contributed by atoms with Gasteiger partial charge in [0, 0.05) is 12.1 Å². The molecule has 0 saturated carbocycles. The van der Waals surface area contributed by atoms with E-state index < -0.39 is 29.4 Å². The molecule has 144 valence electrons. The number of hydrogen-bond acceptors (Lipinski definition) is 3. The first-order valence-corrected chi connectivity index (χ1v) is 8.27. The molecule has 2 atom stereocenters. The van der Waals surface area contributed by atoms with E-state index in [1.54, 1.807) is 0 Å². The summed E-state index contributed by atoms with van der Waals surface area (Å²) in [6, 6.07) is 1.56. The molecule has 0 fully saturated rings. The van der Waals surface area contributed by atoms with E-state index in [1.165, 1.54) is 6.21 Å². The van der Waals surface area contributed by atoms with Crippen molar-refractivity contribution in [3.05, 3.63) is 34.9 Å². The van der Waals surface area contributed by atoms with Crippen molar-refractivity contribution in [2.75, 3.05) is 13.1 Å². The molecule has 2 unspecified atom stereocenters. The van der Waals surface area contributed by atoms with Gasteiger partial charge in [0.15, 0.2) is 0 Å². The molecule has 0 aromatic heterocycles. The highest BCUT2D eigenvalue weighted by Gasteiger charge is 2.37. The van der Waals surface area contributed by atoms with Crippen LogP contribution in [0.1, 0.15) is 48.8 Å². The van der Waals surface area contributed by atoms with Crippen LogP contribution in [0.3, 0.4) is 0 Å². The van der Waals surface area contributed by atoms with E-state index in [1.807, 2.05) is 6.92 Å². The van der Waals surface area contributed by atoms with E-state index >= 15 is 0 Å². The lowest BCUT2D eigenvalue weighted by Crippen LogP contribution is -2.13. The highest BCUT2D eigenvalue weighted by Crippen LogP contribution is 2.38. The van der Waals surface area contributed by atoms with Gasteiger partial charge in [0.2, 0.25) is 0 Å². The number of benzene rings is 1. The maximum atomic E-state index is 13.0. The summed E-state index contributed by atoms with van der Waals surface area (Å²) < 4.78 is 78.0. The van der Waals surface area contributed by atoms with E-state index in [-0.39, 0.29) is 17.7 Å². The van der Waals surface area contributed by atoms with Gasteiger partial charge in [-0.3, -0.25) is 4.99 Å². The van der Waals surface area contributed by atoms with Crippen molar-refractivity contribution in [3.8, 4) is 0 Å². The summed E-state index contributed by atoms with van der Waals surface area (Å²) in [7, 11) is 0. The van der Waals surface area contributed by atoms with Crippen LogP contribution < -0.4 is 0 Å². The standard InChI is InChI=1S/C17H19F6N3/c1-2-25-26-10-15-5-3-4-11(9-24-15)12-6-13(16(18,19)20)8-14(7-12)17(21,22)23/h6-9,11,15H,2-5,10H2,1H3. The molecule has 0 spiro atoms. The Labute approximate surface area is 147 Å². The fourth-order valence-electron chi connectivity index (χ4n) is 2.78. The van der Waals surface area contributed by atoms with Crippen molar-refractivity contribution >= 4 is 6.21 Å². The Kier molecular flexibility index (Phi) is 6.41. The Morgan fingerprint density at radius 1 is 0.962 bits per heavy atom. The van der Waals surface area contributed by atoms with E-state index in [2.05, 4.69) is 15.2 Å². The summed E-state index contributed by atoms with van der Waals surface area (Å²) in [5.74, 6) is -0.591. The van der Waals surface area contributed by atoms with E-state index in [9.17, 15) is 26.3 Å². The minimum absolute atomic E-state index is 0.0215. The average Bonchev–Trinajstić information content (AvgIpc) is 2.79. The van der Waals surface area contributed by atoms with Gasteiger partial charge >= 0.3 is 12.4 Å². The summed E-state index contributed by atoms with van der Waals surface area (Å²) in [6.45, 7) is 2.75. The molecular formula is C17H19F6N3. The predicted molar refractivity (Wildman–Crippen MR) is 85.6 cm³/mol. The molecule has 26 heavy (non-hydrogen) atoms. The van der Waals surface area contributed by atoms with Gasteiger partial charge in [0.1, 0.15) is 0 Å². The lowest BCUT2D eigenvalue weighted by atomic mass is 9.91. The quantitative estimate of drug-likeness (QED) is 0.461. The molecule has 0 amide bonds. The molecule has 0 bridgehead atoms. The smallest absolute Gasteiger partial charge is 0.292 e. The third-order valence-electron chi connectivity index (χ3n) is 4.10. The Morgan fingerprint density at radius 2 is 1.58 bits per heavy atom. The van der Waals surface area contributed by atoms with Crippen LogP contribution in [0.4, 0.5) is 26.3 Å². The molecule has 3 nitrogen and oxygen atoms in total. The van der Waals surface area contributed by atoms with E-state index in [4.69, 9.17) is 0 Å². The third-order valence-corrected chi connectivity index (χ3v) is 4.10. The van der Waals surface area contributed by atoms with Crippen LogP contribution in [0, 0.1) is 0 Å². The number of aliphatic imine (C=N–C) groups is 1. The number of hydrogen-bond donors (Lipinski definition) is 0. The molecule has 9 heteroatoms. The van der Waals surface area contributed by atoms with Gasteiger partial charge in [0.05, 0.1) is 30.3 Å². The second kappa shape index (κ2) is 8.18. The van der Waals surface area contributed by atoms with Crippen LogP contribution in [-0.4, -0.2) is 25.3 Å². The van der Waals surface area contributed by atoms with Crippen molar-refractivity contribution in [2.24, 2.45) is 15.2 Å². The molecule has 1 heterocycles. The molecule has 1 aromatic rings. The Hall–Kier alpha value is -1.93. The maximum absolute atomic E-state index is 13.0. The van der Waals surface area contributed by atoms with Crippen molar-refractivity contribution in [2.45, 2.75) is 50.5 Å². The first-order valence-electron chi connectivity index (χ1n) is 8.27. The van der Waals surface area contributed by atoms with Crippen LogP contribution in [0.15, 0.2) is 33.4 Å². The second-order valence-corrected chi connectivity index (χ2v) is 6.11. The van der Waals surface area contributed by atoms with Crippen LogP contribution in [0.5, 0.6) is 0 Å². The summed E-state index contributed by atoms with van der Waals surface area (Å²) in [5, 5.41) is 7.81. The first-order chi connectivity index (χ1) is 12.1. The first kappa shape index (κ1) is 20.4. The normalized spacial score (nSPS) is 22.0. The molecule has 0 N–H and O–H groups in total. The molecule has 1 aliphatic rings. The zero-order chi connectivity index (χ0) is 19.4. The lowest BCUT2D eigenvalue weighted by Gasteiger charge is -2.17. The molecule has 2 rings (SSSR count). The molecule has 0 saturated heterocycles. The summed E-state index contributed by atoms with van der Waals surface area (Å²) in [4.78, 5) is 4.30. The van der Waals surface area contributed by atoms with Gasteiger partial charge in [0.25, 0.3) is 0 Å². The Bertz CT molecular complexity index is 631. The van der Waals surface area contributed by atoms with Gasteiger partial charge in [-0.2, -0.15) is 36.6 Å². The summed E-state index contributed by atoms with van der Waals surface area (Å²) in [6.07, 6.45) is -6.50. The van der Waals surface area contributed by atoms with Crippen molar-refractivity contribution in [1.29, 1.82) is 0 Å². The number of alkyl halides is 6. The van der Waals surface area contributed by atoms with Crippen molar-refractivity contribution in [3.63, 3.8) is 0 Å². The molecular weight excluding hydrogens is 360 g/mol. The van der Waals surface area contributed by atoms with Crippen LogP contribution in [-0.2, 0) is 12.4 Å². The van der Waals surface area contributed by atoms with Crippen molar-refractivity contribution in [1.82, 2.24) is 0 Å². The Morgan fingerprint density at radius 3 is 2.12 bits per heavy atom. The van der Waals surface area contributed by atoms with Gasteiger partial charge < -0.3 is 0 Å². The minimum Gasteiger partial charge on any atom is -0.292 e. The molecule has 1 aliphatic heterocycles. The zero-order valence-corrected chi connectivity index (χ0v) is 14.1. The maximum Gasteiger partial charge on any atom is 0.416 e. The van der Waals surface area contributed by atoms with Gasteiger partial charge in [-0.25, -0.2) is 0 Å². The highest BCUT2D eigenvalue weighted by molar-refractivity contribution is 5.69. The Balaban J connectivity index is 2.31. The fourth-order valence-corrected chi connectivity index (χ4v) is 2.78. The van der Waals surface area contributed by atoms with Crippen LogP contribution >= 0.6 is 0 Å². The summed E-state index contributed by atoms with van der Waals surface area (Å²) in [5.41, 5.74) is -2.62. The van der Waals surface area contributed by atoms with Gasteiger partial charge in [-0.05, 0) is 43.5 Å². The average molecular weight is 379 g/mol. The number of nitrogens with zero attached hydrogens (tertiary/aromatic N) is 3. The molecule has 0 aliphatic carbocycles. The van der Waals surface area contributed by atoms with Crippen LogP contribution in [0.2, 0.25) is 0 Å². The highest BCUT2D eigenvalue weighted by atomic mass is 19.4. The van der Waals surface area contributed by atoms with Crippen LogP contribution in [0.25, 0.3) is 0 Å². The number of halogens is 6. The second-order valence-electron chi connectivity index (χ2n) is 6.11. The van der Waals surface area contributed by atoms with E-state index in [0.29, 0.717) is 32.4 Å². The van der Waals surface area contributed by atoms with Crippen molar-refractivity contribution < 1.29 is 26.3 Å². The monoisotopic (exact) mass is 379 g/mol. The number of rotatable bonds is 4. The largest absolute Gasteiger partial charge is 0.416 e. The third kappa shape index (κ3) is 5.54. The molecule has 1 aromatic carbocycles. The minimum atomic E-state index is -4.85. The zero-order valence-electron chi connectivity index (χ0n) is 14.1. The molecule has 0 radical (unpaired) electrons. The van der Waals surface area contributed by atoms with Gasteiger partial charge in [-0.1, -0.05) is 6.42 Å².